The molecule has 7 heteroatoms. The largest absolute Gasteiger partial charge is 0.464 e. The fourth-order valence-corrected chi connectivity index (χ4v) is 3.03. The van der Waals surface area contributed by atoms with E-state index in [9.17, 15) is 4.79 Å². The van der Waals surface area contributed by atoms with Crippen molar-refractivity contribution in [3.05, 3.63) is 59.8 Å². The molecule has 0 N–H and O–H groups in total. The minimum atomic E-state index is -0.108. The number of hydrogen-bond acceptors (Lipinski definition) is 5. The van der Waals surface area contributed by atoms with Crippen LogP contribution in [0.3, 0.4) is 0 Å². The zero-order valence-electron chi connectivity index (χ0n) is 14.2. The summed E-state index contributed by atoms with van der Waals surface area (Å²) >= 11 is 0. The van der Waals surface area contributed by atoms with Crippen LogP contribution in [0.1, 0.15) is 41.1 Å². The van der Waals surface area contributed by atoms with Gasteiger partial charge in [0.05, 0.1) is 17.8 Å². The van der Waals surface area contributed by atoms with Gasteiger partial charge in [0.2, 0.25) is 0 Å². The van der Waals surface area contributed by atoms with Crippen LogP contribution in [0.2, 0.25) is 0 Å². The predicted molar refractivity (Wildman–Crippen MR) is 90.2 cm³/mol. The summed E-state index contributed by atoms with van der Waals surface area (Å²) < 4.78 is 7.39. The Kier molecular flexibility index (Phi) is 3.83. The third-order valence-electron chi connectivity index (χ3n) is 4.63. The summed E-state index contributed by atoms with van der Waals surface area (Å²) in [6.45, 7) is 2.64. The Morgan fingerprint density at radius 1 is 1.32 bits per heavy atom. The molecule has 0 radical (unpaired) electrons. The van der Waals surface area contributed by atoms with E-state index in [2.05, 4.69) is 22.4 Å². The van der Waals surface area contributed by atoms with E-state index in [0.717, 1.165) is 11.5 Å². The van der Waals surface area contributed by atoms with Crippen molar-refractivity contribution < 1.29 is 9.21 Å². The lowest BCUT2D eigenvalue weighted by molar-refractivity contribution is 0.0774. The fourth-order valence-electron chi connectivity index (χ4n) is 3.03. The summed E-state index contributed by atoms with van der Waals surface area (Å²) in [5.41, 5.74) is 1.19. The summed E-state index contributed by atoms with van der Waals surface area (Å²) in [7, 11) is 1.76. The summed E-state index contributed by atoms with van der Waals surface area (Å²) in [5, 5.41) is 11.1. The molecule has 1 fully saturated rings. The van der Waals surface area contributed by atoms with Gasteiger partial charge >= 0.3 is 0 Å². The average molecular weight is 337 g/mol. The van der Waals surface area contributed by atoms with Gasteiger partial charge < -0.3 is 9.32 Å². The van der Waals surface area contributed by atoms with Gasteiger partial charge in [-0.3, -0.25) is 4.79 Å². The molecule has 3 aromatic rings. The highest BCUT2D eigenvalue weighted by molar-refractivity contribution is 5.97. The van der Waals surface area contributed by atoms with E-state index >= 15 is 0 Å². The van der Waals surface area contributed by atoms with Crippen LogP contribution < -0.4 is 0 Å². The first kappa shape index (κ1) is 15.6. The molecule has 0 aliphatic heterocycles. The van der Waals surface area contributed by atoms with Crippen LogP contribution in [0.5, 0.6) is 0 Å². The molecule has 2 atom stereocenters. The molecule has 0 saturated heterocycles. The first-order chi connectivity index (χ1) is 12.1. The second-order valence-electron chi connectivity index (χ2n) is 6.56. The zero-order valence-corrected chi connectivity index (χ0v) is 14.2. The third kappa shape index (κ3) is 3.05. The molecule has 2 aromatic heterocycles. The minimum Gasteiger partial charge on any atom is -0.464 e. The van der Waals surface area contributed by atoms with Crippen molar-refractivity contribution in [2.24, 2.45) is 5.92 Å². The lowest BCUT2D eigenvalue weighted by Gasteiger charge is -2.17. The summed E-state index contributed by atoms with van der Waals surface area (Å²) in [5.74, 6) is 2.95. The van der Waals surface area contributed by atoms with Crippen LogP contribution >= 0.6 is 0 Å². The Labute approximate surface area is 145 Å². The van der Waals surface area contributed by atoms with Gasteiger partial charge in [-0.1, -0.05) is 19.1 Å². The van der Waals surface area contributed by atoms with Crippen LogP contribution in [0.15, 0.2) is 47.1 Å². The van der Waals surface area contributed by atoms with E-state index in [1.54, 1.807) is 18.0 Å². The third-order valence-corrected chi connectivity index (χ3v) is 4.63. The number of rotatable bonds is 5. The van der Waals surface area contributed by atoms with Gasteiger partial charge in [0.1, 0.15) is 17.8 Å². The Balaban J connectivity index is 1.52. The maximum atomic E-state index is 12.9. The van der Waals surface area contributed by atoms with Gasteiger partial charge in [0.25, 0.3) is 5.91 Å². The normalized spacial score (nSPS) is 19.0. The molecule has 4 rings (SSSR count). The van der Waals surface area contributed by atoms with Crippen molar-refractivity contribution in [1.82, 2.24) is 25.1 Å². The van der Waals surface area contributed by atoms with Crippen molar-refractivity contribution in [3.63, 3.8) is 0 Å². The standard InChI is InChI=1S/C18H19N5O2/c1-12-9-15(12)17-8-7-13(25-17)10-22(2)18(24)14-5-3-4-6-16(14)23-11-19-20-21-23/h3-8,11-12,15H,9-10H2,1-2H3/t12-,15-/m1/s1. The average Bonchev–Trinajstić information content (AvgIpc) is 3.05. The number of para-hydroxylation sites is 1. The highest BCUT2D eigenvalue weighted by Crippen LogP contribution is 2.47. The molecule has 25 heavy (non-hydrogen) atoms. The van der Waals surface area contributed by atoms with Gasteiger partial charge in [0, 0.05) is 13.0 Å². The molecule has 1 aliphatic rings. The van der Waals surface area contributed by atoms with E-state index in [1.165, 1.54) is 17.4 Å². The number of carbonyl (C=O) groups is 1. The predicted octanol–water partition coefficient (Wildman–Crippen LogP) is 2.65. The number of nitrogens with zero attached hydrogens (tertiary/aromatic N) is 5. The topological polar surface area (TPSA) is 77.1 Å². The summed E-state index contributed by atoms with van der Waals surface area (Å²) in [6, 6.07) is 11.2. The maximum Gasteiger partial charge on any atom is 0.256 e. The van der Waals surface area contributed by atoms with E-state index in [0.29, 0.717) is 29.6 Å². The van der Waals surface area contributed by atoms with Crippen LogP contribution in [0.25, 0.3) is 5.69 Å². The molecular formula is C18H19N5O2. The number of amides is 1. The fraction of sp³-hybridized carbons (Fsp3) is 0.333. The van der Waals surface area contributed by atoms with Crippen molar-refractivity contribution in [1.29, 1.82) is 0 Å². The van der Waals surface area contributed by atoms with Crippen LogP contribution in [0.4, 0.5) is 0 Å². The molecule has 7 nitrogen and oxygen atoms in total. The van der Waals surface area contributed by atoms with Crippen molar-refractivity contribution in [2.45, 2.75) is 25.8 Å². The minimum absolute atomic E-state index is 0.108. The Morgan fingerprint density at radius 3 is 2.84 bits per heavy atom. The molecule has 1 aliphatic carbocycles. The second-order valence-corrected chi connectivity index (χ2v) is 6.56. The van der Waals surface area contributed by atoms with Gasteiger partial charge in [-0.05, 0) is 47.0 Å². The van der Waals surface area contributed by atoms with Crippen molar-refractivity contribution >= 4 is 5.91 Å². The van der Waals surface area contributed by atoms with E-state index in [4.69, 9.17) is 4.42 Å². The molecule has 1 amide bonds. The molecule has 0 bridgehead atoms. The van der Waals surface area contributed by atoms with Crippen LogP contribution in [-0.4, -0.2) is 38.1 Å². The highest BCUT2D eigenvalue weighted by atomic mass is 16.3. The highest BCUT2D eigenvalue weighted by Gasteiger charge is 2.36. The zero-order chi connectivity index (χ0) is 17.4. The number of furan rings is 1. The molecule has 1 aromatic carbocycles. The molecule has 0 spiro atoms. The lowest BCUT2D eigenvalue weighted by atomic mass is 10.1. The maximum absolute atomic E-state index is 12.9. The van der Waals surface area contributed by atoms with Gasteiger partial charge in [-0.25, -0.2) is 0 Å². The first-order valence-corrected chi connectivity index (χ1v) is 8.30. The Morgan fingerprint density at radius 2 is 2.12 bits per heavy atom. The number of hydrogen-bond donors (Lipinski definition) is 0. The van der Waals surface area contributed by atoms with Gasteiger partial charge in [-0.2, -0.15) is 4.68 Å². The molecule has 0 unspecified atom stereocenters. The molecular weight excluding hydrogens is 318 g/mol. The number of benzene rings is 1. The van der Waals surface area contributed by atoms with Gasteiger partial charge in [-0.15, -0.1) is 5.10 Å². The quantitative estimate of drug-likeness (QED) is 0.715. The Bertz CT molecular complexity index is 887. The molecule has 128 valence electrons. The smallest absolute Gasteiger partial charge is 0.256 e. The van der Waals surface area contributed by atoms with E-state index in [-0.39, 0.29) is 5.91 Å². The van der Waals surface area contributed by atoms with Gasteiger partial charge in [0.15, 0.2) is 0 Å². The molecule has 1 saturated carbocycles. The summed E-state index contributed by atoms with van der Waals surface area (Å²) in [6.07, 6.45) is 2.66. The SMILES string of the molecule is C[C@@H]1C[C@H]1c1ccc(CN(C)C(=O)c2ccccc2-n2cnnn2)o1. The van der Waals surface area contributed by atoms with Crippen LogP contribution in [0, 0.1) is 5.92 Å². The lowest BCUT2D eigenvalue weighted by Crippen LogP contribution is -2.27. The second kappa shape index (κ2) is 6.16. The number of carbonyl (C=O) groups excluding carboxylic acids is 1. The van der Waals surface area contributed by atoms with E-state index < -0.39 is 0 Å². The summed E-state index contributed by atoms with van der Waals surface area (Å²) in [4.78, 5) is 14.5. The van der Waals surface area contributed by atoms with Crippen LogP contribution in [-0.2, 0) is 6.54 Å². The van der Waals surface area contributed by atoms with Crippen molar-refractivity contribution in [2.75, 3.05) is 7.05 Å². The number of aromatic nitrogens is 4. The number of tetrazole rings is 1. The van der Waals surface area contributed by atoms with Crippen molar-refractivity contribution in [3.8, 4) is 5.69 Å². The first-order valence-electron chi connectivity index (χ1n) is 8.30. The molecule has 2 heterocycles. The monoisotopic (exact) mass is 337 g/mol. The Hall–Kier alpha value is -2.96. The van der Waals surface area contributed by atoms with E-state index in [1.807, 2.05) is 30.3 Å².